The second kappa shape index (κ2) is 7.81. The van der Waals surface area contributed by atoms with Crippen LogP contribution in [0, 0.1) is 12.8 Å². The van der Waals surface area contributed by atoms with E-state index in [9.17, 15) is 4.79 Å². The summed E-state index contributed by atoms with van der Waals surface area (Å²) in [7, 11) is 3.02. The van der Waals surface area contributed by atoms with Gasteiger partial charge in [0.2, 0.25) is 0 Å². The summed E-state index contributed by atoms with van der Waals surface area (Å²) in [5, 5.41) is 3.45. The third-order valence-electron chi connectivity index (χ3n) is 3.94. The van der Waals surface area contributed by atoms with E-state index in [1.807, 2.05) is 24.3 Å². The van der Waals surface area contributed by atoms with Gasteiger partial charge in [0.15, 0.2) is 0 Å². The van der Waals surface area contributed by atoms with Gasteiger partial charge >= 0.3 is 5.97 Å². The van der Waals surface area contributed by atoms with E-state index in [2.05, 4.69) is 24.1 Å². The number of pyridine rings is 1. The second-order valence-corrected chi connectivity index (χ2v) is 5.96. The van der Waals surface area contributed by atoms with Crippen LogP contribution < -0.4 is 10.1 Å². The van der Waals surface area contributed by atoms with Gasteiger partial charge in [0.25, 0.3) is 0 Å². The first-order valence-corrected chi connectivity index (χ1v) is 7.92. The van der Waals surface area contributed by atoms with Crippen molar-refractivity contribution in [1.82, 2.24) is 4.98 Å². The number of nitrogens with one attached hydrogen (secondary N) is 1. The van der Waals surface area contributed by atoms with Crippen molar-refractivity contribution >= 4 is 11.8 Å². The van der Waals surface area contributed by atoms with Crippen LogP contribution in [0.2, 0.25) is 0 Å². The normalized spacial score (nSPS) is 11.9. The molecule has 0 aliphatic rings. The molecule has 1 aromatic carbocycles. The minimum atomic E-state index is -0.373. The number of rotatable bonds is 6. The summed E-state index contributed by atoms with van der Waals surface area (Å²) in [5.74, 6) is 1.55. The summed E-state index contributed by atoms with van der Waals surface area (Å²) in [5.41, 5.74) is 2.28. The Hall–Kier alpha value is -2.56. The predicted molar refractivity (Wildman–Crippen MR) is 94.5 cm³/mol. The number of benzene rings is 1. The minimum Gasteiger partial charge on any atom is -0.497 e. The average Bonchev–Trinajstić information content (AvgIpc) is 2.59. The van der Waals surface area contributed by atoms with Crippen LogP contribution in [0.15, 0.2) is 36.4 Å². The Balaban J connectivity index is 2.24. The molecule has 0 bridgehead atoms. The zero-order chi connectivity index (χ0) is 17.7. The zero-order valence-corrected chi connectivity index (χ0v) is 14.8. The number of hydrogen-bond acceptors (Lipinski definition) is 5. The fourth-order valence-electron chi connectivity index (χ4n) is 2.57. The maximum atomic E-state index is 11.7. The van der Waals surface area contributed by atoms with E-state index in [1.54, 1.807) is 26.2 Å². The molecule has 0 fully saturated rings. The van der Waals surface area contributed by atoms with E-state index in [0.29, 0.717) is 17.2 Å². The molecule has 0 spiro atoms. The summed E-state index contributed by atoms with van der Waals surface area (Å²) >= 11 is 0. The SMILES string of the molecule is COC(=O)c1ccc(NC(c2ccc(OC)cc2)C(C)C)nc1C. The summed E-state index contributed by atoms with van der Waals surface area (Å²) in [6, 6.07) is 11.6. The molecule has 0 saturated carbocycles. The largest absolute Gasteiger partial charge is 0.497 e. The van der Waals surface area contributed by atoms with E-state index in [0.717, 1.165) is 17.1 Å². The summed E-state index contributed by atoms with van der Waals surface area (Å²) in [6.07, 6.45) is 0. The Morgan fingerprint density at radius 3 is 2.25 bits per heavy atom. The summed E-state index contributed by atoms with van der Waals surface area (Å²) in [4.78, 5) is 16.2. The number of nitrogens with zero attached hydrogens (tertiary/aromatic N) is 1. The molecule has 1 N–H and O–H groups in total. The van der Waals surface area contributed by atoms with Crippen molar-refractivity contribution in [2.75, 3.05) is 19.5 Å². The number of anilines is 1. The molecule has 1 atom stereocenters. The minimum absolute atomic E-state index is 0.104. The lowest BCUT2D eigenvalue weighted by atomic mass is 9.96. The van der Waals surface area contributed by atoms with Crippen molar-refractivity contribution < 1.29 is 14.3 Å². The van der Waals surface area contributed by atoms with Gasteiger partial charge < -0.3 is 14.8 Å². The van der Waals surface area contributed by atoms with Gasteiger partial charge in [-0.1, -0.05) is 26.0 Å². The lowest BCUT2D eigenvalue weighted by molar-refractivity contribution is 0.0599. The van der Waals surface area contributed by atoms with Crippen LogP contribution in [0.25, 0.3) is 0 Å². The number of carbonyl (C=O) groups excluding carboxylic acids is 1. The molecule has 0 amide bonds. The number of hydrogen-bond donors (Lipinski definition) is 1. The molecular formula is C19H24N2O3. The molecule has 0 aliphatic heterocycles. The third kappa shape index (κ3) is 4.04. The van der Waals surface area contributed by atoms with E-state index in [1.165, 1.54) is 7.11 Å². The van der Waals surface area contributed by atoms with E-state index in [4.69, 9.17) is 9.47 Å². The average molecular weight is 328 g/mol. The molecule has 1 unspecified atom stereocenters. The highest BCUT2D eigenvalue weighted by Crippen LogP contribution is 2.27. The first-order chi connectivity index (χ1) is 11.5. The van der Waals surface area contributed by atoms with Crippen molar-refractivity contribution in [3.05, 3.63) is 53.2 Å². The van der Waals surface area contributed by atoms with Gasteiger partial charge in [-0.15, -0.1) is 0 Å². The number of ether oxygens (including phenoxy) is 2. The van der Waals surface area contributed by atoms with Gasteiger partial charge in [-0.25, -0.2) is 9.78 Å². The smallest absolute Gasteiger partial charge is 0.339 e. The third-order valence-corrected chi connectivity index (χ3v) is 3.94. The zero-order valence-electron chi connectivity index (χ0n) is 14.8. The van der Waals surface area contributed by atoms with Crippen LogP contribution in [-0.4, -0.2) is 25.2 Å². The van der Waals surface area contributed by atoms with Gasteiger partial charge in [-0.2, -0.15) is 0 Å². The Morgan fingerprint density at radius 2 is 1.75 bits per heavy atom. The Morgan fingerprint density at radius 1 is 1.08 bits per heavy atom. The number of aromatic nitrogens is 1. The van der Waals surface area contributed by atoms with Crippen molar-refractivity contribution in [3.63, 3.8) is 0 Å². The standard InChI is InChI=1S/C19H24N2O3/c1-12(2)18(14-6-8-15(23-4)9-7-14)21-17-11-10-16(13(3)20-17)19(22)24-5/h6-12,18H,1-5H3,(H,20,21). The molecule has 5 nitrogen and oxygen atoms in total. The Bertz CT molecular complexity index is 696. The van der Waals surface area contributed by atoms with E-state index in [-0.39, 0.29) is 12.0 Å². The van der Waals surface area contributed by atoms with Gasteiger partial charge in [-0.05, 0) is 42.7 Å². The lowest BCUT2D eigenvalue weighted by Gasteiger charge is -2.24. The van der Waals surface area contributed by atoms with Crippen LogP contribution >= 0.6 is 0 Å². The van der Waals surface area contributed by atoms with Crippen molar-refractivity contribution in [3.8, 4) is 5.75 Å². The molecule has 2 aromatic rings. The van der Waals surface area contributed by atoms with Crippen LogP contribution in [0.3, 0.4) is 0 Å². The maximum absolute atomic E-state index is 11.7. The van der Waals surface area contributed by atoms with Gasteiger partial charge in [0, 0.05) is 0 Å². The molecule has 0 radical (unpaired) electrons. The molecule has 0 saturated heterocycles. The quantitative estimate of drug-likeness (QED) is 0.812. The molecule has 2 rings (SSSR count). The van der Waals surface area contributed by atoms with Crippen LogP contribution in [0.1, 0.15) is 41.5 Å². The maximum Gasteiger partial charge on any atom is 0.339 e. The predicted octanol–water partition coefficient (Wildman–Crippen LogP) is 3.99. The van der Waals surface area contributed by atoms with Crippen molar-refractivity contribution in [2.45, 2.75) is 26.8 Å². The topological polar surface area (TPSA) is 60.5 Å². The molecule has 128 valence electrons. The Labute approximate surface area is 143 Å². The number of methoxy groups -OCH3 is 2. The molecule has 5 heteroatoms. The first kappa shape index (κ1) is 17.8. The molecular weight excluding hydrogens is 304 g/mol. The first-order valence-electron chi connectivity index (χ1n) is 7.92. The lowest BCUT2D eigenvalue weighted by Crippen LogP contribution is -2.18. The van der Waals surface area contributed by atoms with Crippen molar-refractivity contribution in [1.29, 1.82) is 0 Å². The number of carbonyl (C=O) groups is 1. The van der Waals surface area contributed by atoms with Crippen LogP contribution in [-0.2, 0) is 4.74 Å². The van der Waals surface area contributed by atoms with Crippen molar-refractivity contribution in [2.24, 2.45) is 5.92 Å². The molecule has 24 heavy (non-hydrogen) atoms. The fourth-order valence-corrected chi connectivity index (χ4v) is 2.57. The van der Waals surface area contributed by atoms with E-state index >= 15 is 0 Å². The highest BCUT2D eigenvalue weighted by molar-refractivity contribution is 5.90. The van der Waals surface area contributed by atoms with E-state index < -0.39 is 0 Å². The summed E-state index contributed by atoms with van der Waals surface area (Å²) in [6.45, 7) is 6.10. The van der Waals surface area contributed by atoms with Gasteiger partial charge in [0.05, 0.1) is 31.5 Å². The highest BCUT2D eigenvalue weighted by atomic mass is 16.5. The Kier molecular flexibility index (Phi) is 5.79. The van der Waals surface area contributed by atoms with Gasteiger partial charge in [-0.3, -0.25) is 0 Å². The molecule has 0 aliphatic carbocycles. The fraction of sp³-hybridized carbons (Fsp3) is 0.368. The van der Waals surface area contributed by atoms with Crippen LogP contribution in [0.5, 0.6) is 5.75 Å². The number of esters is 1. The second-order valence-electron chi connectivity index (χ2n) is 5.96. The molecule has 1 heterocycles. The highest BCUT2D eigenvalue weighted by Gasteiger charge is 2.17. The van der Waals surface area contributed by atoms with Crippen LogP contribution in [0.4, 0.5) is 5.82 Å². The summed E-state index contributed by atoms with van der Waals surface area (Å²) < 4.78 is 9.97. The molecule has 1 aromatic heterocycles. The monoisotopic (exact) mass is 328 g/mol. The number of aryl methyl sites for hydroxylation is 1. The van der Waals surface area contributed by atoms with Gasteiger partial charge in [0.1, 0.15) is 11.6 Å².